The lowest BCUT2D eigenvalue weighted by Gasteiger charge is -2.17. The Kier molecular flexibility index (Phi) is 3.31. The summed E-state index contributed by atoms with van der Waals surface area (Å²) in [5.41, 5.74) is 3.53. The maximum absolute atomic E-state index is 11.7. The van der Waals surface area contributed by atoms with Crippen LogP contribution in [0.1, 0.15) is 49.4 Å². The van der Waals surface area contributed by atoms with Gasteiger partial charge in [0, 0.05) is 17.9 Å². The second-order valence-corrected chi connectivity index (χ2v) is 5.98. The van der Waals surface area contributed by atoms with Crippen LogP contribution in [-0.4, -0.2) is 15.8 Å². The normalized spacial score (nSPS) is 11.6. The fourth-order valence-corrected chi connectivity index (χ4v) is 2.02. The molecule has 1 N–H and O–H groups in total. The number of benzene rings is 1. The van der Waals surface area contributed by atoms with Gasteiger partial charge in [-0.15, -0.1) is 0 Å². The van der Waals surface area contributed by atoms with Crippen LogP contribution in [0, 0.1) is 6.92 Å². The zero-order chi connectivity index (χ0) is 14.2. The van der Waals surface area contributed by atoms with Crippen LogP contribution in [0.4, 0.5) is 0 Å². The highest BCUT2D eigenvalue weighted by molar-refractivity contribution is 5.94. The molecule has 1 heterocycles. The third-order valence-electron chi connectivity index (χ3n) is 3.11. The minimum atomic E-state index is -0.128. The van der Waals surface area contributed by atoms with Crippen molar-refractivity contribution in [2.75, 3.05) is 0 Å². The molecule has 3 heteroatoms. The number of aromatic nitrogens is 2. The Labute approximate surface area is 114 Å². The standard InChI is InChI=1S/C16H20N2O/c1-10-6-8-12(9-7-10)15-17-13(11(2)19)14(18-15)16(3,4)5/h6-9H,1-5H3,(H,17,18). The number of hydrogen-bond donors (Lipinski definition) is 1. The summed E-state index contributed by atoms with van der Waals surface area (Å²) in [5.74, 6) is 0.759. The average Bonchev–Trinajstić information content (AvgIpc) is 2.74. The molecular weight excluding hydrogens is 236 g/mol. The van der Waals surface area contributed by atoms with E-state index in [2.05, 4.69) is 30.7 Å². The molecule has 19 heavy (non-hydrogen) atoms. The summed E-state index contributed by atoms with van der Waals surface area (Å²) in [5, 5.41) is 0. The fraction of sp³-hybridized carbons (Fsp3) is 0.375. The largest absolute Gasteiger partial charge is 0.341 e. The highest BCUT2D eigenvalue weighted by Gasteiger charge is 2.24. The van der Waals surface area contributed by atoms with Gasteiger partial charge < -0.3 is 4.98 Å². The number of nitrogens with zero attached hydrogens (tertiary/aromatic N) is 1. The maximum atomic E-state index is 11.7. The molecule has 0 aliphatic heterocycles. The van der Waals surface area contributed by atoms with Gasteiger partial charge in [-0.1, -0.05) is 50.6 Å². The highest BCUT2D eigenvalue weighted by Crippen LogP contribution is 2.27. The van der Waals surface area contributed by atoms with Crippen molar-refractivity contribution in [1.29, 1.82) is 0 Å². The number of ketones is 1. The van der Waals surface area contributed by atoms with Gasteiger partial charge in [-0.25, -0.2) is 4.98 Å². The number of carbonyl (C=O) groups is 1. The Balaban J connectivity index is 2.55. The van der Waals surface area contributed by atoms with Crippen molar-refractivity contribution in [3.8, 4) is 11.4 Å². The van der Waals surface area contributed by atoms with Crippen LogP contribution >= 0.6 is 0 Å². The first kappa shape index (κ1) is 13.5. The lowest BCUT2D eigenvalue weighted by Crippen LogP contribution is -2.16. The van der Waals surface area contributed by atoms with Crippen LogP contribution < -0.4 is 0 Å². The van der Waals surface area contributed by atoms with E-state index in [0.717, 1.165) is 17.1 Å². The van der Waals surface area contributed by atoms with Crippen LogP contribution in [0.3, 0.4) is 0 Å². The number of carbonyl (C=O) groups excluding carboxylic acids is 1. The molecule has 0 aliphatic rings. The van der Waals surface area contributed by atoms with E-state index in [0.29, 0.717) is 5.69 Å². The Morgan fingerprint density at radius 1 is 1.16 bits per heavy atom. The van der Waals surface area contributed by atoms with Gasteiger partial charge in [0.15, 0.2) is 5.78 Å². The molecule has 1 aromatic carbocycles. The molecule has 0 unspecified atom stereocenters. The van der Waals surface area contributed by atoms with E-state index < -0.39 is 0 Å². The summed E-state index contributed by atoms with van der Waals surface area (Å²) in [6.07, 6.45) is 0. The number of hydrogen-bond acceptors (Lipinski definition) is 2. The molecule has 0 aliphatic carbocycles. The average molecular weight is 256 g/mol. The number of Topliss-reactive ketones (excluding diaryl/α,β-unsaturated/α-hetero) is 1. The van der Waals surface area contributed by atoms with Crippen molar-refractivity contribution in [1.82, 2.24) is 9.97 Å². The minimum Gasteiger partial charge on any atom is -0.341 e. The van der Waals surface area contributed by atoms with Crippen LogP contribution in [-0.2, 0) is 5.41 Å². The number of aromatic amines is 1. The van der Waals surface area contributed by atoms with Crippen molar-refractivity contribution in [3.63, 3.8) is 0 Å². The summed E-state index contributed by atoms with van der Waals surface area (Å²) in [6, 6.07) is 8.12. The monoisotopic (exact) mass is 256 g/mol. The molecule has 0 saturated carbocycles. The molecule has 0 saturated heterocycles. The van der Waals surface area contributed by atoms with Crippen LogP contribution in [0.25, 0.3) is 11.4 Å². The van der Waals surface area contributed by atoms with E-state index in [4.69, 9.17) is 0 Å². The van der Waals surface area contributed by atoms with Gasteiger partial charge in [0.2, 0.25) is 0 Å². The summed E-state index contributed by atoms with van der Waals surface area (Å²) in [7, 11) is 0. The number of imidazole rings is 1. The van der Waals surface area contributed by atoms with Gasteiger partial charge in [-0.3, -0.25) is 4.79 Å². The molecule has 0 spiro atoms. The number of nitrogens with one attached hydrogen (secondary N) is 1. The molecule has 3 nitrogen and oxygen atoms in total. The molecule has 0 atom stereocenters. The topological polar surface area (TPSA) is 45.8 Å². The second-order valence-electron chi connectivity index (χ2n) is 5.98. The van der Waals surface area contributed by atoms with Gasteiger partial charge in [-0.05, 0) is 6.92 Å². The molecule has 0 fully saturated rings. The first-order valence-electron chi connectivity index (χ1n) is 6.47. The summed E-state index contributed by atoms with van der Waals surface area (Å²) >= 11 is 0. The first-order valence-corrected chi connectivity index (χ1v) is 6.47. The molecular formula is C16H20N2O. The van der Waals surface area contributed by atoms with E-state index in [1.54, 1.807) is 6.92 Å². The van der Waals surface area contributed by atoms with Crippen LogP contribution in [0.15, 0.2) is 24.3 Å². The Hall–Kier alpha value is -1.90. The van der Waals surface area contributed by atoms with Crippen molar-refractivity contribution in [2.45, 2.75) is 40.0 Å². The summed E-state index contributed by atoms with van der Waals surface area (Å²) in [4.78, 5) is 19.5. The third kappa shape index (κ3) is 2.75. The molecule has 1 aromatic heterocycles. The van der Waals surface area contributed by atoms with Crippen LogP contribution in [0.5, 0.6) is 0 Å². The van der Waals surface area contributed by atoms with E-state index in [-0.39, 0.29) is 11.2 Å². The third-order valence-corrected chi connectivity index (χ3v) is 3.11. The highest BCUT2D eigenvalue weighted by atomic mass is 16.1. The zero-order valence-electron chi connectivity index (χ0n) is 12.2. The summed E-state index contributed by atoms with van der Waals surface area (Å²) in [6.45, 7) is 9.83. The fourth-order valence-electron chi connectivity index (χ4n) is 2.02. The van der Waals surface area contributed by atoms with E-state index in [1.165, 1.54) is 5.56 Å². The zero-order valence-corrected chi connectivity index (χ0v) is 12.2. The Morgan fingerprint density at radius 2 is 1.74 bits per heavy atom. The Bertz CT molecular complexity index is 601. The number of H-pyrrole nitrogens is 1. The molecule has 2 rings (SSSR count). The minimum absolute atomic E-state index is 0.000429. The van der Waals surface area contributed by atoms with Crippen molar-refractivity contribution in [3.05, 3.63) is 41.2 Å². The van der Waals surface area contributed by atoms with E-state index in [1.807, 2.05) is 31.2 Å². The van der Waals surface area contributed by atoms with Crippen LogP contribution in [0.2, 0.25) is 0 Å². The molecule has 0 radical (unpaired) electrons. The lowest BCUT2D eigenvalue weighted by molar-refractivity contribution is 0.101. The summed E-state index contributed by atoms with van der Waals surface area (Å²) < 4.78 is 0. The first-order chi connectivity index (χ1) is 8.79. The van der Waals surface area contributed by atoms with Crippen molar-refractivity contribution >= 4 is 5.78 Å². The number of rotatable bonds is 2. The van der Waals surface area contributed by atoms with Crippen molar-refractivity contribution < 1.29 is 4.79 Å². The molecule has 100 valence electrons. The van der Waals surface area contributed by atoms with Gasteiger partial charge in [0.1, 0.15) is 11.5 Å². The van der Waals surface area contributed by atoms with Gasteiger partial charge in [0.25, 0.3) is 0 Å². The van der Waals surface area contributed by atoms with Crippen molar-refractivity contribution in [2.24, 2.45) is 0 Å². The lowest BCUT2D eigenvalue weighted by atomic mass is 9.90. The smallest absolute Gasteiger partial charge is 0.180 e. The second kappa shape index (κ2) is 4.65. The SMILES string of the molecule is CC(=O)c1nc(-c2ccc(C)cc2)[nH]c1C(C)(C)C. The molecule has 0 amide bonds. The number of aryl methyl sites for hydroxylation is 1. The Morgan fingerprint density at radius 3 is 2.16 bits per heavy atom. The van der Waals surface area contributed by atoms with Gasteiger partial charge in [0.05, 0.1) is 5.69 Å². The maximum Gasteiger partial charge on any atom is 0.180 e. The van der Waals surface area contributed by atoms with E-state index >= 15 is 0 Å². The quantitative estimate of drug-likeness (QED) is 0.829. The molecule has 0 bridgehead atoms. The van der Waals surface area contributed by atoms with Gasteiger partial charge >= 0.3 is 0 Å². The molecule has 2 aromatic rings. The predicted molar refractivity (Wildman–Crippen MR) is 77.5 cm³/mol. The van der Waals surface area contributed by atoms with E-state index in [9.17, 15) is 4.79 Å². The predicted octanol–water partition coefficient (Wildman–Crippen LogP) is 3.89. The van der Waals surface area contributed by atoms with Gasteiger partial charge in [-0.2, -0.15) is 0 Å².